The van der Waals surface area contributed by atoms with E-state index in [1.165, 1.54) is 31.2 Å². The number of hydrogen-bond acceptors (Lipinski definition) is 6. The molecule has 8 heteroatoms. The molecule has 0 aromatic heterocycles. The molecule has 0 unspecified atom stereocenters. The average Bonchev–Trinajstić information content (AvgIpc) is 2.83. The number of sulfonamides is 1. The molecule has 4 aromatic rings. The van der Waals surface area contributed by atoms with Crippen LogP contribution in [0, 0.1) is 0 Å². The summed E-state index contributed by atoms with van der Waals surface area (Å²) < 4.78 is 39.3. The molecule has 0 aliphatic carbocycles. The first-order valence-electron chi connectivity index (χ1n) is 10.4. The highest BCUT2D eigenvalue weighted by atomic mass is 32.2. The van der Waals surface area contributed by atoms with Crippen LogP contribution >= 0.6 is 0 Å². The first-order chi connectivity index (χ1) is 16.3. The molecule has 0 aliphatic heterocycles. The molecule has 0 heterocycles. The summed E-state index contributed by atoms with van der Waals surface area (Å²) in [7, 11) is -3.94. The zero-order chi connectivity index (χ0) is 24.1. The minimum Gasteiger partial charge on any atom is -0.457 e. The SMILES string of the molecule is CC(=O)Oc1cc(NS(=O)(=O)c2cccc3ccccc23)ccc1COC(=O)c1ccccc1. The summed E-state index contributed by atoms with van der Waals surface area (Å²) in [5.74, 6) is -1.04. The number of nitrogens with one attached hydrogen (secondary N) is 1. The number of ether oxygens (including phenoxy) is 2. The Kier molecular flexibility index (Phi) is 6.60. The second-order valence-electron chi connectivity index (χ2n) is 7.44. The minimum atomic E-state index is -3.94. The van der Waals surface area contributed by atoms with Gasteiger partial charge in [-0.3, -0.25) is 9.52 Å². The van der Waals surface area contributed by atoms with Crippen LogP contribution in [0.15, 0.2) is 95.9 Å². The van der Waals surface area contributed by atoms with Crippen molar-refractivity contribution in [3.63, 3.8) is 0 Å². The third-order valence-electron chi connectivity index (χ3n) is 4.98. The van der Waals surface area contributed by atoms with Gasteiger partial charge in [-0.2, -0.15) is 0 Å². The maximum absolute atomic E-state index is 13.1. The molecule has 34 heavy (non-hydrogen) atoms. The molecule has 172 valence electrons. The molecule has 0 aliphatic rings. The molecule has 0 amide bonds. The monoisotopic (exact) mass is 475 g/mol. The summed E-state index contributed by atoms with van der Waals surface area (Å²) in [4.78, 5) is 24.0. The number of rotatable bonds is 7. The van der Waals surface area contributed by atoms with E-state index in [0.29, 0.717) is 16.5 Å². The molecule has 1 N–H and O–H groups in total. The number of anilines is 1. The van der Waals surface area contributed by atoms with E-state index in [1.807, 2.05) is 18.2 Å². The maximum Gasteiger partial charge on any atom is 0.338 e. The molecular formula is C26H21NO6S. The Hall–Kier alpha value is -4.17. The van der Waals surface area contributed by atoms with E-state index in [2.05, 4.69) is 4.72 Å². The van der Waals surface area contributed by atoms with Gasteiger partial charge >= 0.3 is 11.9 Å². The summed E-state index contributed by atoms with van der Waals surface area (Å²) in [5, 5.41) is 1.38. The van der Waals surface area contributed by atoms with Crippen molar-refractivity contribution in [3.05, 3.63) is 102 Å². The van der Waals surface area contributed by atoms with E-state index < -0.39 is 22.0 Å². The number of carbonyl (C=O) groups is 2. The Morgan fingerprint density at radius 3 is 2.32 bits per heavy atom. The van der Waals surface area contributed by atoms with E-state index in [-0.39, 0.29) is 22.9 Å². The Labute approximate surface area is 197 Å². The van der Waals surface area contributed by atoms with Crippen molar-refractivity contribution in [2.75, 3.05) is 4.72 Å². The molecule has 0 radical (unpaired) electrons. The van der Waals surface area contributed by atoms with Crippen LogP contribution in [-0.4, -0.2) is 20.4 Å². The third kappa shape index (κ3) is 5.24. The van der Waals surface area contributed by atoms with Crippen LogP contribution in [0.4, 0.5) is 5.69 Å². The molecule has 7 nitrogen and oxygen atoms in total. The fourth-order valence-corrected chi connectivity index (χ4v) is 4.71. The lowest BCUT2D eigenvalue weighted by Crippen LogP contribution is -2.14. The van der Waals surface area contributed by atoms with Gasteiger partial charge in [0.1, 0.15) is 12.4 Å². The zero-order valence-electron chi connectivity index (χ0n) is 18.2. The van der Waals surface area contributed by atoms with E-state index in [1.54, 1.807) is 48.5 Å². The smallest absolute Gasteiger partial charge is 0.338 e. The third-order valence-corrected chi connectivity index (χ3v) is 6.42. The fraction of sp³-hybridized carbons (Fsp3) is 0.0769. The number of benzene rings is 4. The Morgan fingerprint density at radius 1 is 0.853 bits per heavy atom. The van der Waals surface area contributed by atoms with Gasteiger partial charge in [-0.05, 0) is 35.7 Å². The van der Waals surface area contributed by atoms with Gasteiger partial charge in [-0.25, -0.2) is 13.2 Å². The Balaban J connectivity index is 1.59. The number of esters is 2. The van der Waals surface area contributed by atoms with Crippen LogP contribution < -0.4 is 9.46 Å². The average molecular weight is 476 g/mol. The highest BCUT2D eigenvalue weighted by Gasteiger charge is 2.19. The van der Waals surface area contributed by atoms with Crippen LogP contribution in [0.1, 0.15) is 22.8 Å². The fourth-order valence-electron chi connectivity index (χ4n) is 3.43. The van der Waals surface area contributed by atoms with E-state index in [9.17, 15) is 18.0 Å². The molecule has 4 aromatic carbocycles. The number of carbonyl (C=O) groups excluding carboxylic acids is 2. The van der Waals surface area contributed by atoms with Crippen LogP contribution in [0.3, 0.4) is 0 Å². The molecule has 0 bridgehead atoms. The van der Waals surface area contributed by atoms with Gasteiger partial charge in [0, 0.05) is 23.9 Å². The lowest BCUT2D eigenvalue weighted by atomic mass is 10.1. The Bertz CT molecular complexity index is 1460. The van der Waals surface area contributed by atoms with Gasteiger partial charge in [0.25, 0.3) is 10.0 Å². The van der Waals surface area contributed by atoms with Crippen LogP contribution in [0.5, 0.6) is 5.75 Å². The lowest BCUT2D eigenvalue weighted by Gasteiger charge is -2.14. The van der Waals surface area contributed by atoms with Gasteiger partial charge in [0.15, 0.2) is 0 Å². The lowest BCUT2D eigenvalue weighted by molar-refractivity contribution is -0.131. The van der Waals surface area contributed by atoms with E-state index in [4.69, 9.17) is 9.47 Å². The predicted molar refractivity (Wildman–Crippen MR) is 128 cm³/mol. The zero-order valence-corrected chi connectivity index (χ0v) is 19.0. The standard InChI is InChI=1S/C26H21NO6S/c1-18(28)33-24-16-22(15-14-21(24)17-32-26(29)20-9-3-2-4-10-20)27-34(30,31)25-13-7-11-19-8-5-6-12-23(19)25/h2-16,27H,17H2,1H3. The quantitative estimate of drug-likeness (QED) is 0.301. The van der Waals surface area contributed by atoms with E-state index >= 15 is 0 Å². The first-order valence-corrected chi connectivity index (χ1v) is 11.9. The predicted octanol–water partition coefficient (Wildman–Crippen LogP) is 4.92. The minimum absolute atomic E-state index is 0.0893. The summed E-state index contributed by atoms with van der Waals surface area (Å²) >= 11 is 0. The van der Waals surface area contributed by atoms with Crippen molar-refractivity contribution >= 4 is 38.4 Å². The molecule has 0 saturated heterocycles. The molecule has 0 spiro atoms. The normalized spacial score (nSPS) is 11.1. The van der Waals surface area contributed by atoms with Gasteiger partial charge < -0.3 is 9.47 Å². The summed E-state index contributed by atoms with van der Waals surface area (Å²) in [6, 6.07) is 25.1. The van der Waals surface area contributed by atoms with Gasteiger partial charge in [-0.1, -0.05) is 54.6 Å². The van der Waals surface area contributed by atoms with Crippen molar-refractivity contribution in [1.29, 1.82) is 0 Å². The van der Waals surface area contributed by atoms with Gasteiger partial charge in [0.05, 0.1) is 16.1 Å². The van der Waals surface area contributed by atoms with E-state index in [0.717, 1.165) is 5.39 Å². The number of fused-ring (bicyclic) bond motifs is 1. The first kappa shape index (κ1) is 23.0. The summed E-state index contributed by atoms with van der Waals surface area (Å²) in [6.45, 7) is 1.07. The van der Waals surface area contributed by atoms with Crippen molar-refractivity contribution in [3.8, 4) is 5.75 Å². The van der Waals surface area contributed by atoms with Gasteiger partial charge in [0.2, 0.25) is 0 Å². The molecule has 4 rings (SSSR count). The van der Waals surface area contributed by atoms with Crippen molar-refractivity contribution < 1.29 is 27.5 Å². The second-order valence-corrected chi connectivity index (χ2v) is 9.09. The molecule has 0 fully saturated rings. The largest absolute Gasteiger partial charge is 0.457 e. The van der Waals surface area contributed by atoms with Crippen LogP contribution in [0.25, 0.3) is 10.8 Å². The molecular weight excluding hydrogens is 454 g/mol. The highest BCUT2D eigenvalue weighted by molar-refractivity contribution is 7.93. The highest BCUT2D eigenvalue weighted by Crippen LogP contribution is 2.29. The van der Waals surface area contributed by atoms with Crippen molar-refractivity contribution in [1.82, 2.24) is 0 Å². The van der Waals surface area contributed by atoms with Crippen LogP contribution in [-0.2, 0) is 26.2 Å². The van der Waals surface area contributed by atoms with Crippen LogP contribution in [0.2, 0.25) is 0 Å². The number of hydrogen-bond donors (Lipinski definition) is 1. The van der Waals surface area contributed by atoms with Crippen molar-refractivity contribution in [2.45, 2.75) is 18.4 Å². The molecule has 0 saturated carbocycles. The maximum atomic E-state index is 13.1. The van der Waals surface area contributed by atoms with Gasteiger partial charge in [-0.15, -0.1) is 0 Å². The molecule has 0 atom stereocenters. The summed E-state index contributed by atoms with van der Waals surface area (Å²) in [5.41, 5.74) is 0.992. The summed E-state index contributed by atoms with van der Waals surface area (Å²) in [6.07, 6.45) is 0. The second kappa shape index (κ2) is 9.76. The Morgan fingerprint density at radius 2 is 1.56 bits per heavy atom. The topological polar surface area (TPSA) is 98.8 Å². The van der Waals surface area contributed by atoms with Crippen molar-refractivity contribution in [2.24, 2.45) is 0 Å².